The van der Waals surface area contributed by atoms with E-state index in [1.165, 1.54) is 23.6 Å². The number of Topliss-reactive ketones (excluding diaryl/α,β-unsaturated/α-hetero) is 1. The average molecular weight is 1600 g/mol. The van der Waals surface area contributed by atoms with Crippen molar-refractivity contribution in [3.63, 3.8) is 0 Å². The van der Waals surface area contributed by atoms with Crippen molar-refractivity contribution in [2.45, 2.75) is 336 Å². The molecule has 5 saturated carbocycles. The Balaban J connectivity index is 0.814. The van der Waals surface area contributed by atoms with Gasteiger partial charge in [-0.3, -0.25) is 33.6 Å². The van der Waals surface area contributed by atoms with Crippen LogP contribution in [0.15, 0.2) is 0 Å². The van der Waals surface area contributed by atoms with Crippen LogP contribution >= 0.6 is 0 Å². The summed E-state index contributed by atoms with van der Waals surface area (Å²) in [6, 6.07) is -1.28. The number of aliphatic hydroxyl groups excluding tert-OH is 10. The van der Waals surface area contributed by atoms with Crippen LogP contribution in [0.1, 0.15) is 189 Å². The Kier molecular flexibility index (Phi) is 37.5. The van der Waals surface area contributed by atoms with Gasteiger partial charge < -0.3 is 130 Å². The first-order valence-electron chi connectivity index (χ1n) is 41.5. The third kappa shape index (κ3) is 25.4. The van der Waals surface area contributed by atoms with Gasteiger partial charge in [0, 0.05) is 104 Å². The summed E-state index contributed by atoms with van der Waals surface area (Å²) < 4.78 is 64.0. The number of hydrogen-bond acceptors (Lipinski definition) is 27. The number of aliphatic hydroxyl groups is 10. The van der Waals surface area contributed by atoms with Crippen LogP contribution in [0.2, 0.25) is 0 Å². The minimum Gasteiger partial charge on any atom is -0.396 e. The molecule has 112 heavy (non-hydrogen) atoms. The summed E-state index contributed by atoms with van der Waals surface area (Å²) in [5, 5.41) is 121. The van der Waals surface area contributed by atoms with Crippen molar-refractivity contribution in [1.82, 2.24) is 31.1 Å². The molecular formula is C79H136N6O27. The van der Waals surface area contributed by atoms with Crippen molar-refractivity contribution in [2.75, 3.05) is 74.3 Å². The summed E-state index contributed by atoms with van der Waals surface area (Å²) >= 11 is 0. The quantitative estimate of drug-likeness (QED) is 0.0366. The molecule has 6 amide bonds. The standard InChI is InChI=1S/C79H136N6O27/c1-11-47-34-49(36-55(72(47)112-79-69(99)67(97)63(93)43(5)105-79)109-77-61(83-44(6)88)73(65(95)58(40-87)110-77)108-57(76(102)85(9)10)33-46-22-17-14-18-23-46)52(89)24-19-27-80-59(90)25-30-103-31-26-60(91)81-28-29-82-74(100)50-35-48(12-2)71(111-78-68(98)66(96)62(92)42(4)104-78)54(37-50)106-53-38-51(39-86)64(94)70(41(53)3)107-56(75(101)84(7)8)32-45-20-15-13-16-21-45/h41-43,45-51,53-58,61-73,77-79,86-87,92-99H,11-40H2,1-10H3,(H,80,90)(H,81,91)(H,82,100)(H,83,88)/t41-,42-,43-,47-,48-,49+,50+,51+,53+,54+,55+,56-,57-,58+,61+,62+,63+,64-,65-,66+,67+,68-,69-,70+,71+,72+,73+,77?,78-,79-/m0/s1. The maximum atomic E-state index is 14.3. The first-order chi connectivity index (χ1) is 53.4. The number of nitrogens with zero attached hydrogens (tertiary/aromatic N) is 2. The zero-order valence-corrected chi connectivity index (χ0v) is 67.5. The second-order valence-corrected chi connectivity index (χ2v) is 33.4. The fraction of sp³-hybridized carbons (Fsp3) is 0.911. The molecule has 8 fully saturated rings. The summed E-state index contributed by atoms with van der Waals surface area (Å²) in [7, 11) is 6.53. The van der Waals surface area contributed by atoms with E-state index in [1.54, 1.807) is 35.1 Å². The van der Waals surface area contributed by atoms with Gasteiger partial charge in [0.25, 0.3) is 11.8 Å². The molecule has 14 N–H and O–H groups in total. The fourth-order valence-electron chi connectivity index (χ4n) is 17.9. The molecule has 644 valence electrons. The van der Waals surface area contributed by atoms with Crippen LogP contribution in [0.3, 0.4) is 0 Å². The molecule has 33 nitrogen and oxygen atoms in total. The predicted molar refractivity (Wildman–Crippen MR) is 401 cm³/mol. The van der Waals surface area contributed by atoms with E-state index in [4.69, 9.17) is 47.4 Å². The molecule has 1 unspecified atom stereocenters. The summed E-state index contributed by atoms with van der Waals surface area (Å²) in [5.41, 5.74) is 0. The molecule has 30 atom stereocenters. The zero-order chi connectivity index (χ0) is 81.8. The van der Waals surface area contributed by atoms with E-state index in [1.807, 2.05) is 20.8 Å². The highest BCUT2D eigenvalue weighted by Crippen LogP contribution is 2.45. The lowest BCUT2D eigenvalue weighted by Crippen LogP contribution is -2.67. The van der Waals surface area contributed by atoms with Crippen LogP contribution in [0.25, 0.3) is 0 Å². The molecule has 0 spiro atoms. The Morgan fingerprint density at radius 3 is 1.45 bits per heavy atom. The largest absolute Gasteiger partial charge is 0.396 e. The molecular weight excluding hydrogens is 1460 g/mol. The number of carbonyl (C=O) groups excluding carboxylic acids is 7. The SMILES string of the molecule is CC[C@H]1C[C@@H](C(=O)CCCNC(=O)CCOCCC(=O)NCCNC(=O)[C@@H]2C[C@H](CC)[C@@H](O[C@@H]3O[C@@H](C)[C@@H](O)[C@@H](O)[C@@H]3O)[C@H](O[C@@H]3C[C@H](CO)[C@H](O)[C@H](O[C@@H](CC4CCCCC4)C(=O)N(C)C)[C@H]3C)C2)C[C@@H](OC2O[C@H](CO)[C@H](O)[C@H](O[C@@H](CC3CCCCC3)C(=O)N(C)C)[C@H]2NC(C)=O)[C@@H]1O[C@@H]1O[C@@H](C)[C@@H](O)[C@@H](O)[C@@H]1O. The number of rotatable bonds is 38. The van der Waals surface area contributed by atoms with Crippen molar-refractivity contribution in [2.24, 2.45) is 47.3 Å². The number of carbonyl (C=O) groups is 7. The molecule has 33 heteroatoms. The topological polar surface area (TPSA) is 469 Å². The Morgan fingerprint density at radius 2 is 0.955 bits per heavy atom. The minimum absolute atomic E-state index is 0.00379. The molecule has 0 bridgehead atoms. The monoisotopic (exact) mass is 1600 g/mol. The zero-order valence-electron chi connectivity index (χ0n) is 67.5. The highest BCUT2D eigenvalue weighted by Gasteiger charge is 2.55. The Bertz CT molecular complexity index is 2920. The van der Waals surface area contributed by atoms with Crippen LogP contribution in [-0.2, 0) is 80.9 Å². The van der Waals surface area contributed by atoms with Crippen LogP contribution < -0.4 is 21.3 Å². The maximum absolute atomic E-state index is 14.3. The summed E-state index contributed by atoms with van der Waals surface area (Å²) in [4.78, 5) is 98.1. The first kappa shape index (κ1) is 93.2. The lowest BCUT2D eigenvalue weighted by Gasteiger charge is -2.49. The number of ketones is 1. The summed E-state index contributed by atoms with van der Waals surface area (Å²) in [6.07, 6.45) is -15.2. The first-order valence-corrected chi connectivity index (χ1v) is 41.5. The van der Waals surface area contributed by atoms with Gasteiger partial charge in [0.05, 0.1) is 74.8 Å². The molecule has 3 saturated heterocycles. The third-order valence-electron chi connectivity index (χ3n) is 24.8. The number of likely N-dealkylation sites (N-methyl/N-ethyl adjacent to an activating group) is 2. The molecule has 0 radical (unpaired) electrons. The summed E-state index contributed by atoms with van der Waals surface area (Å²) in [6.45, 7) is 9.13. The maximum Gasteiger partial charge on any atom is 0.251 e. The van der Waals surface area contributed by atoms with Gasteiger partial charge in [-0.25, -0.2) is 0 Å². The highest BCUT2D eigenvalue weighted by molar-refractivity contribution is 5.82. The van der Waals surface area contributed by atoms with Crippen molar-refractivity contribution < 1.29 is 132 Å². The predicted octanol–water partition coefficient (Wildman–Crippen LogP) is 0.135. The van der Waals surface area contributed by atoms with Gasteiger partial charge in [-0.05, 0) is 88.9 Å². The molecule has 0 aromatic carbocycles. The number of nitrogens with one attached hydrogen (secondary N) is 4. The van der Waals surface area contributed by atoms with E-state index in [9.17, 15) is 84.6 Å². The third-order valence-corrected chi connectivity index (χ3v) is 24.8. The summed E-state index contributed by atoms with van der Waals surface area (Å²) in [5.74, 6) is -5.23. The van der Waals surface area contributed by atoms with Gasteiger partial charge in [-0.2, -0.15) is 0 Å². The van der Waals surface area contributed by atoms with E-state index < -0.39 is 196 Å². The molecule has 0 aromatic heterocycles. The van der Waals surface area contributed by atoms with E-state index in [0.717, 1.165) is 64.2 Å². The van der Waals surface area contributed by atoms with Crippen molar-refractivity contribution in [3.05, 3.63) is 0 Å². The fourth-order valence-corrected chi connectivity index (χ4v) is 17.9. The lowest BCUT2D eigenvalue weighted by molar-refractivity contribution is -0.338. The second kappa shape index (κ2) is 45.0. The molecule has 8 rings (SSSR count). The number of ether oxygens (including phenoxy) is 10. The van der Waals surface area contributed by atoms with Crippen molar-refractivity contribution >= 4 is 41.2 Å². The van der Waals surface area contributed by atoms with Gasteiger partial charge in [0.1, 0.15) is 79.0 Å². The molecule has 3 aliphatic heterocycles. The van der Waals surface area contributed by atoms with Gasteiger partial charge in [0.15, 0.2) is 18.9 Å². The highest BCUT2D eigenvalue weighted by atomic mass is 16.7. The Labute approximate surface area is 659 Å². The normalized spacial score (nSPS) is 37.5. The van der Waals surface area contributed by atoms with Crippen LogP contribution in [0, 0.1) is 47.3 Å². The average Bonchev–Trinajstić information content (AvgIpc) is 0.780. The Morgan fingerprint density at radius 1 is 0.473 bits per heavy atom. The molecule has 3 heterocycles. The second-order valence-electron chi connectivity index (χ2n) is 33.4. The van der Waals surface area contributed by atoms with Gasteiger partial charge in [0.2, 0.25) is 23.6 Å². The minimum atomic E-state index is -1.70. The van der Waals surface area contributed by atoms with E-state index >= 15 is 0 Å². The Hall–Kier alpha value is -4.31. The van der Waals surface area contributed by atoms with E-state index in [-0.39, 0.29) is 137 Å². The van der Waals surface area contributed by atoms with E-state index in [0.29, 0.717) is 32.1 Å². The van der Waals surface area contributed by atoms with E-state index in [2.05, 4.69) is 21.3 Å². The van der Waals surface area contributed by atoms with Gasteiger partial charge >= 0.3 is 0 Å². The molecule has 0 aromatic rings. The molecule has 5 aliphatic carbocycles. The number of amides is 6. The number of hydrogen-bond donors (Lipinski definition) is 14. The van der Waals surface area contributed by atoms with Crippen molar-refractivity contribution in [1.29, 1.82) is 0 Å². The smallest absolute Gasteiger partial charge is 0.251 e. The van der Waals surface area contributed by atoms with Crippen LogP contribution in [-0.4, -0.2) is 323 Å². The van der Waals surface area contributed by atoms with Gasteiger partial charge in [-0.15, -0.1) is 0 Å². The van der Waals surface area contributed by atoms with Gasteiger partial charge in [-0.1, -0.05) is 97.8 Å². The lowest BCUT2D eigenvalue weighted by atomic mass is 9.74. The van der Waals surface area contributed by atoms with Crippen LogP contribution in [0.4, 0.5) is 0 Å². The van der Waals surface area contributed by atoms with Crippen LogP contribution in [0.5, 0.6) is 0 Å². The molecule has 8 aliphatic rings. The van der Waals surface area contributed by atoms with Crippen molar-refractivity contribution in [3.8, 4) is 0 Å².